The van der Waals surface area contributed by atoms with Gasteiger partial charge in [0.05, 0.1) is 18.3 Å². The summed E-state index contributed by atoms with van der Waals surface area (Å²) >= 11 is 4.96. The number of hydrogen-bond donors (Lipinski definition) is 0. The highest BCUT2D eigenvalue weighted by atomic mass is 79.9. The van der Waals surface area contributed by atoms with E-state index in [1.54, 1.807) is 6.92 Å². The normalized spacial score (nSPS) is 19.8. The Balaban J connectivity index is 1.53. The Hall–Kier alpha value is -1.77. The molecule has 1 atom stereocenters. The van der Waals surface area contributed by atoms with E-state index < -0.39 is 0 Å². The van der Waals surface area contributed by atoms with Gasteiger partial charge in [-0.3, -0.25) is 14.5 Å². The van der Waals surface area contributed by atoms with Crippen molar-refractivity contribution in [1.82, 2.24) is 9.88 Å². The number of anilines is 1. The molecule has 2 aliphatic heterocycles. The monoisotopic (exact) mass is 491 g/mol. The van der Waals surface area contributed by atoms with Gasteiger partial charge in [-0.05, 0) is 37.8 Å². The number of nitrogens with zero attached hydrogens (tertiary/aromatic N) is 3. The number of likely N-dealkylation sites (tertiary alicyclic amines) is 1. The molecule has 3 heterocycles. The second-order valence-corrected chi connectivity index (χ2v) is 9.64. The van der Waals surface area contributed by atoms with Crippen LogP contribution < -0.4 is 4.90 Å². The van der Waals surface area contributed by atoms with E-state index in [9.17, 15) is 9.59 Å². The third-order valence-electron chi connectivity index (χ3n) is 5.83. The van der Waals surface area contributed by atoms with Gasteiger partial charge in [0.15, 0.2) is 5.13 Å². The number of amides is 2. The van der Waals surface area contributed by atoms with Crippen LogP contribution in [0, 0.1) is 5.92 Å². The van der Waals surface area contributed by atoms with Gasteiger partial charge in [0.25, 0.3) is 0 Å². The zero-order valence-corrected chi connectivity index (χ0v) is 19.5. The Morgan fingerprint density at radius 2 is 1.97 bits per heavy atom. The first kappa shape index (κ1) is 21.5. The number of carbonyl (C=O) groups is 2. The SMILES string of the molecule is CC(=O)N1CCC(C(=O)N(C[C@H]2CCCO2)c2nc(-c3ccc(Br)cc3)cs2)CC1. The molecule has 1 aromatic carbocycles. The predicted octanol–water partition coefficient (Wildman–Crippen LogP) is 4.34. The molecule has 8 heteroatoms. The third-order valence-corrected chi connectivity index (χ3v) is 7.22. The Bertz CT molecular complexity index is 887. The van der Waals surface area contributed by atoms with E-state index >= 15 is 0 Å². The van der Waals surface area contributed by atoms with Gasteiger partial charge in [0, 0.05) is 48.0 Å². The second kappa shape index (κ2) is 9.58. The number of benzene rings is 1. The number of piperidine rings is 1. The number of halogens is 1. The lowest BCUT2D eigenvalue weighted by molar-refractivity contribution is -0.133. The largest absolute Gasteiger partial charge is 0.376 e. The minimum Gasteiger partial charge on any atom is -0.376 e. The fraction of sp³-hybridized carbons (Fsp3) is 0.500. The van der Waals surface area contributed by atoms with E-state index in [0.29, 0.717) is 32.5 Å². The number of thiazole rings is 1. The van der Waals surface area contributed by atoms with E-state index in [-0.39, 0.29) is 23.8 Å². The van der Waals surface area contributed by atoms with Crippen LogP contribution >= 0.6 is 27.3 Å². The fourth-order valence-corrected chi connectivity index (χ4v) is 5.17. The molecule has 2 aromatic rings. The number of rotatable bonds is 5. The topological polar surface area (TPSA) is 62.7 Å². The number of carbonyl (C=O) groups excluding carboxylic acids is 2. The van der Waals surface area contributed by atoms with Crippen molar-refractivity contribution in [2.75, 3.05) is 31.1 Å². The lowest BCUT2D eigenvalue weighted by atomic mass is 9.95. The van der Waals surface area contributed by atoms with E-state index in [1.165, 1.54) is 11.3 Å². The summed E-state index contributed by atoms with van der Waals surface area (Å²) in [6.07, 6.45) is 3.46. The van der Waals surface area contributed by atoms with Gasteiger partial charge in [-0.15, -0.1) is 11.3 Å². The molecule has 0 aliphatic carbocycles. The maximum atomic E-state index is 13.5. The van der Waals surface area contributed by atoms with Crippen molar-refractivity contribution < 1.29 is 14.3 Å². The number of ether oxygens (including phenoxy) is 1. The second-order valence-electron chi connectivity index (χ2n) is 7.89. The summed E-state index contributed by atoms with van der Waals surface area (Å²) in [6.45, 7) is 4.17. The molecule has 0 unspecified atom stereocenters. The highest BCUT2D eigenvalue weighted by molar-refractivity contribution is 9.10. The van der Waals surface area contributed by atoms with Crippen molar-refractivity contribution in [2.45, 2.75) is 38.7 Å². The first-order valence-corrected chi connectivity index (χ1v) is 12.1. The van der Waals surface area contributed by atoms with Crippen LogP contribution in [0.25, 0.3) is 11.3 Å². The first-order valence-electron chi connectivity index (χ1n) is 10.4. The molecule has 0 saturated carbocycles. The lowest BCUT2D eigenvalue weighted by Crippen LogP contribution is -2.46. The Morgan fingerprint density at radius 1 is 1.23 bits per heavy atom. The van der Waals surface area contributed by atoms with Crippen molar-refractivity contribution in [1.29, 1.82) is 0 Å². The summed E-state index contributed by atoms with van der Waals surface area (Å²) in [4.78, 5) is 33.6. The van der Waals surface area contributed by atoms with E-state index in [0.717, 1.165) is 40.3 Å². The minimum atomic E-state index is -0.0815. The van der Waals surface area contributed by atoms with Crippen LogP contribution in [0.4, 0.5) is 5.13 Å². The molecule has 0 radical (unpaired) electrons. The smallest absolute Gasteiger partial charge is 0.232 e. The van der Waals surface area contributed by atoms with Crippen molar-refractivity contribution in [3.8, 4) is 11.3 Å². The average Bonchev–Trinajstić information content (AvgIpc) is 3.44. The summed E-state index contributed by atoms with van der Waals surface area (Å²) in [6, 6.07) is 8.03. The molecule has 6 nitrogen and oxygen atoms in total. The van der Waals surface area contributed by atoms with Crippen molar-refractivity contribution in [2.24, 2.45) is 5.92 Å². The molecule has 0 bridgehead atoms. The zero-order chi connectivity index (χ0) is 21.1. The number of hydrogen-bond acceptors (Lipinski definition) is 5. The summed E-state index contributed by atoms with van der Waals surface area (Å²) in [5, 5.41) is 2.73. The highest BCUT2D eigenvalue weighted by Crippen LogP contribution is 2.31. The van der Waals surface area contributed by atoms with Gasteiger partial charge < -0.3 is 9.64 Å². The van der Waals surface area contributed by atoms with Gasteiger partial charge in [-0.25, -0.2) is 4.98 Å². The molecular formula is C22H26BrN3O3S. The quantitative estimate of drug-likeness (QED) is 0.623. The van der Waals surface area contributed by atoms with Gasteiger partial charge in [0.1, 0.15) is 0 Å². The van der Waals surface area contributed by atoms with Crippen molar-refractivity contribution in [3.63, 3.8) is 0 Å². The molecule has 2 fully saturated rings. The van der Waals surface area contributed by atoms with Crippen LogP contribution in [0.3, 0.4) is 0 Å². The molecule has 0 N–H and O–H groups in total. The van der Waals surface area contributed by atoms with Gasteiger partial charge in [-0.2, -0.15) is 0 Å². The first-order chi connectivity index (χ1) is 14.5. The molecule has 0 spiro atoms. The Morgan fingerprint density at radius 3 is 2.60 bits per heavy atom. The molecule has 2 aliphatic rings. The summed E-state index contributed by atoms with van der Waals surface area (Å²) in [7, 11) is 0. The van der Waals surface area contributed by atoms with E-state index in [1.807, 2.05) is 39.4 Å². The number of aromatic nitrogens is 1. The molecule has 4 rings (SSSR count). The van der Waals surface area contributed by atoms with Crippen LogP contribution in [0.1, 0.15) is 32.6 Å². The van der Waals surface area contributed by atoms with Crippen LogP contribution in [-0.2, 0) is 14.3 Å². The van der Waals surface area contributed by atoms with Crippen LogP contribution in [-0.4, -0.2) is 54.0 Å². The Kier molecular flexibility index (Phi) is 6.85. The summed E-state index contributed by atoms with van der Waals surface area (Å²) in [5.74, 6) is 0.101. The fourth-order valence-electron chi connectivity index (χ4n) is 4.06. The molecule has 1 aromatic heterocycles. The molecule has 30 heavy (non-hydrogen) atoms. The lowest BCUT2D eigenvalue weighted by Gasteiger charge is -2.33. The summed E-state index contributed by atoms with van der Waals surface area (Å²) < 4.78 is 6.84. The van der Waals surface area contributed by atoms with E-state index in [2.05, 4.69) is 15.9 Å². The summed E-state index contributed by atoms with van der Waals surface area (Å²) in [5.41, 5.74) is 1.90. The molecule has 160 valence electrons. The maximum Gasteiger partial charge on any atom is 0.232 e. The van der Waals surface area contributed by atoms with Crippen LogP contribution in [0.5, 0.6) is 0 Å². The Labute approximate surface area is 189 Å². The maximum absolute atomic E-state index is 13.5. The van der Waals surface area contributed by atoms with Crippen molar-refractivity contribution in [3.05, 3.63) is 34.1 Å². The highest BCUT2D eigenvalue weighted by Gasteiger charge is 2.33. The van der Waals surface area contributed by atoms with Crippen LogP contribution in [0.15, 0.2) is 34.1 Å². The average molecular weight is 492 g/mol. The van der Waals surface area contributed by atoms with E-state index in [4.69, 9.17) is 9.72 Å². The predicted molar refractivity (Wildman–Crippen MR) is 122 cm³/mol. The van der Waals surface area contributed by atoms with Crippen LogP contribution in [0.2, 0.25) is 0 Å². The molecular weight excluding hydrogens is 466 g/mol. The standard InChI is InChI=1S/C22H26BrN3O3S/c1-15(27)25-10-8-17(9-11-25)21(28)26(13-19-3-2-12-29-19)22-24-20(14-30-22)16-4-6-18(23)7-5-16/h4-7,14,17,19H,2-3,8-13H2,1H3/t19-/m1/s1. The van der Waals surface area contributed by atoms with Gasteiger partial charge in [-0.1, -0.05) is 28.1 Å². The molecule has 2 saturated heterocycles. The molecule has 2 amide bonds. The third kappa shape index (κ3) is 4.92. The van der Waals surface area contributed by atoms with Gasteiger partial charge in [0.2, 0.25) is 11.8 Å². The van der Waals surface area contributed by atoms with Gasteiger partial charge >= 0.3 is 0 Å². The minimum absolute atomic E-state index is 0.0614. The van der Waals surface area contributed by atoms with Crippen molar-refractivity contribution >= 4 is 44.2 Å². The zero-order valence-electron chi connectivity index (χ0n) is 17.1.